The number of halogens is 2. The highest BCUT2D eigenvalue weighted by Gasteiger charge is 2.22. The van der Waals surface area contributed by atoms with E-state index in [0.29, 0.717) is 4.88 Å². The molecule has 0 bridgehead atoms. The molecule has 2 rings (SSSR count). The monoisotopic (exact) mass is 353 g/mol. The fraction of sp³-hybridized carbons (Fsp3) is 0.294. The summed E-state index contributed by atoms with van der Waals surface area (Å²) in [5, 5.41) is 2.21. The predicted molar refractivity (Wildman–Crippen MR) is 88.3 cm³/mol. The Balaban J connectivity index is 2.02. The van der Waals surface area contributed by atoms with E-state index in [-0.39, 0.29) is 5.69 Å². The van der Waals surface area contributed by atoms with Crippen molar-refractivity contribution in [2.75, 3.05) is 5.32 Å². The number of thiophene rings is 1. The second kappa shape index (κ2) is 7.53. The highest BCUT2D eigenvalue weighted by molar-refractivity contribution is 7.14. The van der Waals surface area contributed by atoms with Crippen LogP contribution in [0.4, 0.5) is 14.5 Å². The molecule has 1 aromatic carbocycles. The van der Waals surface area contributed by atoms with Gasteiger partial charge in [0.2, 0.25) is 0 Å². The van der Waals surface area contributed by atoms with Crippen molar-refractivity contribution in [1.82, 2.24) is 0 Å². The Morgan fingerprint density at radius 3 is 2.62 bits per heavy atom. The third-order valence-electron chi connectivity index (χ3n) is 3.38. The van der Waals surface area contributed by atoms with Crippen LogP contribution in [-0.2, 0) is 16.0 Å². The molecule has 1 amide bonds. The molecule has 128 valence electrons. The topological polar surface area (TPSA) is 55.4 Å². The minimum absolute atomic E-state index is 0.303. The maximum Gasteiger partial charge on any atom is 0.349 e. The number of amides is 1. The molecule has 0 saturated heterocycles. The van der Waals surface area contributed by atoms with Gasteiger partial charge in [0.25, 0.3) is 5.91 Å². The van der Waals surface area contributed by atoms with Gasteiger partial charge in [0.05, 0.1) is 5.69 Å². The second-order valence-electron chi connectivity index (χ2n) is 5.23. The summed E-state index contributed by atoms with van der Waals surface area (Å²) in [4.78, 5) is 25.6. The molecule has 0 unspecified atom stereocenters. The standard InChI is InChI=1S/C17H17F2NO3S/c1-4-14-9(2)7-15(24-14)17(22)23-10(3)16(21)20-13-8-11(18)5-6-12(13)19/h5-8,10H,4H2,1-3H3,(H,20,21)/t10-/m1/s1. The molecule has 0 saturated carbocycles. The molecule has 0 aliphatic heterocycles. The van der Waals surface area contributed by atoms with E-state index in [0.717, 1.165) is 35.1 Å². The fourth-order valence-electron chi connectivity index (χ4n) is 2.07. The van der Waals surface area contributed by atoms with Crippen LogP contribution >= 0.6 is 11.3 Å². The largest absolute Gasteiger partial charge is 0.448 e. The molecular formula is C17H17F2NO3S. The van der Waals surface area contributed by atoms with E-state index in [2.05, 4.69) is 5.32 Å². The van der Waals surface area contributed by atoms with Gasteiger partial charge < -0.3 is 10.1 Å². The van der Waals surface area contributed by atoms with E-state index in [1.54, 1.807) is 6.07 Å². The first-order chi connectivity index (χ1) is 11.3. The van der Waals surface area contributed by atoms with Crippen molar-refractivity contribution < 1.29 is 23.1 Å². The van der Waals surface area contributed by atoms with Crippen LogP contribution in [0.3, 0.4) is 0 Å². The SMILES string of the molecule is CCc1sc(C(=O)O[C@H](C)C(=O)Nc2cc(F)ccc2F)cc1C. The molecular weight excluding hydrogens is 336 g/mol. The maximum absolute atomic E-state index is 13.5. The molecule has 0 aliphatic carbocycles. The fourth-order valence-corrected chi connectivity index (χ4v) is 3.07. The van der Waals surface area contributed by atoms with Gasteiger partial charge in [-0.2, -0.15) is 0 Å². The Morgan fingerprint density at radius 1 is 1.29 bits per heavy atom. The Morgan fingerprint density at radius 2 is 2.00 bits per heavy atom. The van der Waals surface area contributed by atoms with Gasteiger partial charge in [-0.05, 0) is 44.0 Å². The lowest BCUT2D eigenvalue weighted by Crippen LogP contribution is -2.30. The van der Waals surface area contributed by atoms with E-state index in [9.17, 15) is 18.4 Å². The normalized spacial score (nSPS) is 11.9. The molecule has 1 N–H and O–H groups in total. The number of carbonyl (C=O) groups is 2. The summed E-state index contributed by atoms with van der Waals surface area (Å²) in [6, 6.07) is 4.42. The van der Waals surface area contributed by atoms with Gasteiger partial charge in [-0.25, -0.2) is 13.6 Å². The quantitative estimate of drug-likeness (QED) is 0.824. The van der Waals surface area contributed by atoms with Crippen LogP contribution in [0.25, 0.3) is 0 Å². The van der Waals surface area contributed by atoms with Crippen LogP contribution in [-0.4, -0.2) is 18.0 Å². The Bertz CT molecular complexity index is 773. The molecule has 4 nitrogen and oxygen atoms in total. The molecule has 7 heteroatoms. The zero-order valence-electron chi connectivity index (χ0n) is 13.5. The summed E-state index contributed by atoms with van der Waals surface area (Å²) in [5.74, 6) is -2.82. The summed E-state index contributed by atoms with van der Waals surface area (Å²) in [6.07, 6.45) is -0.341. The summed E-state index contributed by atoms with van der Waals surface area (Å²) in [7, 11) is 0. The van der Waals surface area contributed by atoms with Crippen LogP contribution in [0.5, 0.6) is 0 Å². The first-order valence-electron chi connectivity index (χ1n) is 7.38. The average molecular weight is 353 g/mol. The van der Waals surface area contributed by atoms with Crippen molar-refractivity contribution in [3.63, 3.8) is 0 Å². The first-order valence-corrected chi connectivity index (χ1v) is 8.19. The van der Waals surface area contributed by atoms with E-state index < -0.39 is 29.6 Å². The minimum atomic E-state index is -1.15. The zero-order chi connectivity index (χ0) is 17.9. The van der Waals surface area contributed by atoms with Gasteiger partial charge in [0, 0.05) is 10.9 Å². The number of benzene rings is 1. The van der Waals surface area contributed by atoms with Gasteiger partial charge in [0.1, 0.15) is 16.5 Å². The van der Waals surface area contributed by atoms with Crippen molar-refractivity contribution in [3.8, 4) is 0 Å². The lowest BCUT2D eigenvalue weighted by molar-refractivity contribution is -0.123. The summed E-state index contributed by atoms with van der Waals surface area (Å²) < 4.78 is 31.7. The van der Waals surface area contributed by atoms with E-state index in [4.69, 9.17) is 4.74 Å². The van der Waals surface area contributed by atoms with E-state index >= 15 is 0 Å². The van der Waals surface area contributed by atoms with Crippen LogP contribution in [0.2, 0.25) is 0 Å². The molecule has 0 aliphatic rings. The molecule has 0 radical (unpaired) electrons. The molecule has 0 spiro atoms. The lowest BCUT2D eigenvalue weighted by Gasteiger charge is -2.13. The Labute approximate surface area is 142 Å². The van der Waals surface area contributed by atoms with Crippen LogP contribution < -0.4 is 5.32 Å². The predicted octanol–water partition coefficient (Wildman–Crippen LogP) is 4.08. The summed E-state index contributed by atoms with van der Waals surface area (Å²) in [5.41, 5.74) is 0.691. The molecule has 1 heterocycles. The van der Waals surface area contributed by atoms with Crippen molar-refractivity contribution in [1.29, 1.82) is 0 Å². The highest BCUT2D eigenvalue weighted by atomic mass is 32.1. The number of nitrogens with one attached hydrogen (secondary N) is 1. The molecule has 24 heavy (non-hydrogen) atoms. The van der Waals surface area contributed by atoms with Crippen molar-refractivity contribution in [2.24, 2.45) is 0 Å². The smallest absolute Gasteiger partial charge is 0.349 e. The number of ether oxygens (including phenoxy) is 1. The number of aryl methyl sites for hydroxylation is 2. The van der Waals surface area contributed by atoms with Gasteiger partial charge in [-0.1, -0.05) is 6.92 Å². The van der Waals surface area contributed by atoms with Crippen molar-refractivity contribution in [3.05, 3.63) is 51.2 Å². The molecule has 0 fully saturated rings. The van der Waals surface area contributed by atoms with Gasteiger partial charge in [-0.15, -0.1) is 11.3 Å². The zero-order valence-corrected chi connectivity index (χ0v) is 14.3. The molecule has 1 atom stereocenters. The van der Waals surface area contributed by atoms with Crippen molar-refractivity contribution in [2.45, 2.75) is 33.3 Å². The molecule has 1 aromatic heterocycles. The van der Waals surface area contributed by atoms with Crippen molar-refractivity contribution >= 4 is 28.9 Å². The minimum Gasteiger partial charge on any atom is -0.448 e. The maximum atomic E-state index is 13.5. The number of anilines is 1. The Kier molecular flexibility index (Phi) is 5.66. The Hall–Kier alpha value is -2.28. The number of esters is 1. The first kappa shape index (κ1) is 18.1. The summed E-state index contributed by atoms with van der Waals surface area (Å²) in [6.45, 7) is 5.25. The lowest BCUT2D eigenvalue weighted by atomic mass is 10.2. The summed E-state index contributed by atoms with van der Waals surface area (Å²) >= 11 is 1.31. The van der Waals surface area contributed by atoms with Crippen LogP contribution in [0.1, 0.15) is 34.0 Å². The highest BCUT2D eigenvalue weighted by Crippen LogP contribution is 2.23. The number of carbonyl (C=O) groups excluding carboxylic acids is 2. The molecule has 2 aromatic rings. The number of rotatable bonds is 5. The van der Waals surface area contributed by atoms with Crippen LogP contribution in [0, 0.1) is 18.6 Å². The van der Waals surface area contributed by atoms with Gasteiger partial charge in [0.15, 0.2) is 6.10 Å². The van der Waals surface area contributed by atoms with E-state index in [1.165, 1.54) is 18.3 Å². The van der Waals surface area contributed by atoms with Crippen LogP contribution in [0.15, 0.2) is 24.3 Å². The van der Waals surface area contributed by atoms with Gasteiger partial charge >= 0.3 is 5.97 Å². The number of hydrogen-bond donors (Lipinski definition) is 1. The third kappa shape index (κ3) is 4.17. The van der Waals surface area contributed by atoms with E-state index in [1.807, 2.05) is 13.8 Å². The third-order valence-corrected chi connectivity index (χ3v) is 4.74. The average Bonchev–Trinajstić information content (AvgIpc) is 2.92. The second-order valence-corrected chi connectivity index (χ2v) is 6.37. The number of hydrogen-bond acceptors (Lipinski definition) is 4. The van der Waals surface area contributed by atoms with Gasteiger partial charge in [-0.3, -0.25) is 4.79 Å².